The van der Waals surface area contributed by atoms with Gasteiger partial charge in [0.25, 0.3) is 0 Å². The summed E-state index contributed by atoms with van der Waals surface area (Å²) in [5.41, 5.74) is 2.95. The van der Waals surface area contributed by atoms with E-state index in [1.807, 2.05) is 31.2 Å². The summed E-state index contributed by atoms with van der Waals surface area (Å²) in [6, 6.07) is 21.5. The fourth-order valence-electron chi connectivity index (χ4n) is 2.50. The molecular formula is C20H16Cl2O3SSn. The Bertz CT molecular complexity index is 957. The molecular weight excluding hydrogens is 510 g/mol. The molecule has 0 aliphatic rings. The van der Waals surface area contributed by atoms with Crippen molar-refractivity contribution in [2.24, 2.45) is 0 Å². The minimum absolute atomic E-state index is 0.108. The topological polar surface area (TPSA) is 43.4 Å². The van der Waals surface area contributed by atoms with E-state index >= 15 is 0 Å². The zero-order chi connectivity index (χ0) is 19.4. The molecule has 0 amide bonds. The van der Waals surface area contributed by atoms with Gasteiger partial charge < -0.3 is 0 Å². The summed E-state index contributed by atoms with van der Waals surface area (Å²) in [6.45, 7) is 1.91. The summed E-state index contributed by atoms with van der Waals surface area (Å²) in [7, 11) is -3.78. The molecule has 0 aromatic heterocycles. The number of benzene rings is 3. The van der Waals surface area contributed by atoms with Gasteiger partial charge in [-0.15, -0.1) is 0 Å². The first kappa shape index (κ1) is 20.7. The van der Waals surface area contributed by atoms with E-state index in [1.54, 1.807) is 48.5 Å². The van der Waals surface area contributed by atoms with Crippen molar-refractivity contribution in [1.82, 2.24) is 0 Å². The normalized spacial score (nSPS) is 11.7. The van der Waals surface area contributed by atoms with Crippen molar-refractivity contribution in [2.75, 3.05) is 0 Å². The molecule has 3 nitrogen and oxygen atoms in total. The fourth-order valence-corrected chi connectivity index (χ4v) is 8.15. The van der Waals surface area contributed by atoms with Gasteiger partial charge in [-0.3, -0.25) is 0 Å². The van der Waals surface area contributed by atoms with Gasteiger partial charge in [-0.05, 0) is 0 Å². The summed E-state index contributed by atoms with van der Waals surface area (Å²) >= 11 is 10.1. The SMILES string of the molecule is Cc1ccc(S(=O)(=O)[O][Sn][CH](c2ccc(Cl)cc2)c2ccc(Cl)cc2)cc1. The third kappa shape index (κ3) is 5.48. The number of hydrogen-bond donors (Lipinski definition) is 0. The maximum absolute atomic E-state index is 12.6. The Morgan fingerprint density at radius 1 is 0.778 bits per heavy atom. The summed E-state index contributed by atoms with van der Waals surface area (Å²) in [5.74, 6) is 0. The molecule has 0 N–H and O–H groups in total. The average Bonchev–Trinajstić information content (AvgIpc) is 2.65. The molecule has 0 saturated heterocycles. The van der Waals surface area contributed by atoms with Gasteiger partial charge in [0.2, 0.25) is 0 Å². The molecule has 0 spiro atoms. The van der Waals surface area contributed by atoms with Crippen molar-refractivity contribution in [1.29, 1.82) is 0 Å². The molecule has 0 atom stereocenters. The monoisotopic (exact) mass is 526 g/mol. The molecule has 0 saturated carbocycles. The zero-order valence-electron chi connectivity index (χ0n) is 14.4. The van der Waals surface area contributed by atoms with Gasteiger partial charge in [0.05, 0.1) is 0 Å². The predicted octanol–water partition coefficient (Wildman–Crippen LogP) is 5.42. The van der Waals surface area contributed by atoms with Crippen molar-refractivity contribution in [3.05, 3.63) is 99.5 Å². The van der Waals surface area contributed by atoms with Crippen LogP contribution in [0.3, 0.4) is 0 Å². The van der Waals surface area contributed by atoms with Crippen LogP contribution in [0.1, 0.15) is 20.6 Å². The van der Waals surface area contributed by atoms with E-state index in [1.165, 1.54) is 0 Å². The Labute approximate surface area is 180 Å². The fraction of sp³-hybridized carbons (Fsp3) is 0.100. The number of halogens is 2. The van der Waals surface area contributed by atoms with E-state index in [-0.39, 0.29) is 8.83 Å². The van der Waals surface area contributed by atoms with Crippen LogP contribution in [0.5, 0.6) is 0 Å². The third-order valence-corrected chi connectivity index (χ3v) is 10.9. The Morgan fingerprint density at radius 3 is 1.67 bits per heavy atom. The number of rotatable bonds is 6. The second-order valence-electron chi connectivity index (χ2n) is 6.00. The summed E-state index contributed by atoms with van der Waals surface area (Å²) in [6.07, 6.45) is 0. The van der Waals surface area contributed by atoms with Crippen LogP contribution in [0.2, 0.25) is 10.0 Å². The average molecular weight is 526 g/mol. The molecule has 0 aliphatic heterocycles. The molecule has 2 radical (unpaired) electrons. The predicted molar refractivity (Wildman–Crippen MR) is 110 cm³/mol. The molecule has 27 heavy (non-hydrogen) atoms. The third-order valence-electron chi connectivity index (χ3n) is 3.99. The van der Waals surface area contributed by atoms with E-state index in [0.717, 1.165) is 16.7 Å². The molecule has 3 aromatic rings. The summed E-state index contributed by atoms with van der Waals surface area (Å²) in [4.78, 5) is 0.181. The second-order valence-corrected chi connectivity index (χ2v) is 12.2. The van der Waals surface area contributed by atoms with Crippen molar-refractivity contribution in [3.63, 3.8) is 0 Å². The zero-order valence-corrected chi connectivity index (χ0v) is 19.6. The van der Waals surface area contributed by atoms with Gasteiger partial charge >= 0.3 is 181 Å². The van der Waals surface area contributed by atoms with Crippen LogP contribution in [0.25, 0.3) is 0 Å². The second kappa shape index (κ2) is 8.97. The van der Waals surface area contributed by atoms with E-state index < -0.39 is 31.7 Å². The van der Waals surface area contributed by atoms with Crippen LogP contribution in [0.15, 0.2) is 77.7 Å². The molecule has 0 fully saturated rings. The van der Waals surface area contributed by atoms with Gasteiger partial charge in [0, 0.05) is 0 Å². The van der Waals surface area contributed by atoms with Gasteiger partial charge in [-0.25, -0.2) is 0 Å². The van der Waals surface area contributed by atoms with E-state index in [9.17, 15) is 8.42 Å². The Kier molecular flexibility index (Phi) is 6.87. The molecule has 0 aliphatic carbocycles. The molecule has 3 aromatic carbocycles. The van der Waals surface area contributed by atoms with Crippen LogP contribution in [0, 0.1) is 6.92 Å². The Hall–Kier alpha value is -1.05. The van der Waals surface area contributed by atoms with E-state index in [2.05, 4.69) is 0 Å². The Balaban J connectivity index is 1.88. The van der Waals surface area contributed by atoms with E-state index in [4.69, 9.17) is 25.7 Å². The summed E-state index contributed by atoms with van der Waals surface area (Å²) in [5, 5.41) is 1.26. The molecule has 0 heterocycles. The van der Waals surface area contributed by atoms with Crippen LogP contribution in [-0.2, 0) is 12.6 Å². The molecule has 7 heteroatoms. The standard InChI is InChI=1S/C13H9Cl2.C7H8O3S.Sn/c14-12-5-1-10(2-6-12)9-11-3-7-13(15)8-4-11;1-6-2-4-7(5-3-6)11(8,9)10;/h1-9H;2-5H,1H3,(H,8,9,10);/q;;+1/p-1. The molecule has 138 valence electrons. The Morgan fingerprint density at radius 2 is 1.22 bits per heavy atom. The number of hydrogen-bond acceptors (Lipinski definition) is 3. The van der Waals surface area contributed by atoms with Gasteiger partial charge in [0.15, 0.2) is 0 Å². The van der Waals surface area contributed by atoms with Gasteiger partial charge in [-0.1, -0.05) is 0 Å². The first-order valence-corrected chi connectivity index (χ1v) is 13.1. The minimum atomic E-state index is -3.78. The quantitative estimate of drug-likeness (QED) is 0.404. The molecule has 3 rings (SSSR count). The molecule has 0 bridgehead atoms. The van der Waals surface area contributed by atoms with E-state index in [0.29, 0.717) is 10.0 Å². The number of aryl methyl sites for hydroxylation is 1. The molecule has 0 unspecified atom stereocenters. The maximum atomic E-state index is 12.6. The van der Waals surface area contributed by atoms with Crippen LogP contribution in [-0.4, -0.2) is 30.0 Å². The van der Waals surface area contributed by atoms with Crippen LogP contribution < -0.4 is 0 Å². The first-order chi connectivity index (χ1) is 12.8. The van der Waals surface area contributed by atoms with Crippen molar-refractivity contribution in [2.45, 2.75) is 15.8 Å². The van der Waals surface area contributed by atoms with Gasteiger partial charge in [0.1, 0.15) is 0 Å². The van der Waals surface area contributed by atoms with Crippen LogP contribution in [0.4, 0.5) is 0 Å². The van der Waals surface area contributed by atoms with Gasteiger partial charge in [-0.2, -0.15) is 0 Å². The van der Waals surface area contributed by atoms with Crippen molar-refractivity contribution in [3.8, 4) is 0 Å². The summed E-state index contributed by atoms with van der Waals surface area (Å²) < 4.78 is 30.6. The van der Waals surface area contributed by atoms with Crippen molar-refractivity contribution < 1.29 is 10.9 Å². The van der Waals surface area contributed by atoms with Crippen LogP contribution >= 0.6 is 23.2 Å². The van der Waals surface area contributed by atoms with Crippen molar-refractivity contribution >= 4 is 54.9 Å². The first-order valence-electron chi connectivity index (χ1n) is 8.12.